The number of benzene rings is 1. The minimum Gasteiger partial charge on any atom is -0.506 e. The Morgan fingerprint density at radius 1 is 1.25 bits per heavy atom. The van der Waals surface area contributed by atoms with E-state index in [1.807, 2.05) is 0 Å². The standard InChI is InChI=1S/C11H8ClNO5S2/c12-9-3-4-10(19-9)20(17,18)13-7-5-6(11(15)16)1-2-8(7)14/h1-5,13-14H,(H,15,16). The fraction of sp³-hybridized carbons (Fsp3) is 0. The smallest absolute Gasteiger partial charge is 0.335 e. The number of halogens is 1. The fourth-order valence-electron chi connectivity index (χ4n) is 1.39. The van der Waals surface area contributed by atoms with Crippen molar-refractivity contribution in [2.45, 2.75) is 4.21 Å². The van der Waals surface area contributed by atoms with Crippen molar-refractivity contribution < 1.29 is 23.4 Å². The number of sulfonamides is 1. The molecule has 1 heterocycles. The van der Waals surface area contributed by atoms with Crippen LogP contribution in [0.4, 0.5) is 5.69 Å². The van der Waals surface area contributed by atoms with Crippen LogP contribution in [-0.2, 0) is 10.0 Å². The summed E-state index contributed by atoms with van der Waals surface area (Å²) in [7, 11) is -3.93. The van der Waals surface area contributed by atoms with Crippen molar-refractivity contribution in [2.75, 3.05) is 4.72 Å². The highest BCUT2D eigenvalue weighted by Gasteiger charge is 2.19. The van der Waals surface area contributed by atoms with E-state index >= 15 is 0 Å². The molecule has 9 heteroatoms. The Bertz CT molecular complexity index is 769. The lowest BCUT2D eigenvalue weighted by atomic mass is 10.2. The lowest BCUT2D eigenvalue weighted by Crippen LogP contribution is -2.12. The molecule has 20 heavy (non-hydrogen) atoms. The number of aromatic hydroxyl groups is 1. The van der Waals surface area contributed by atoms with Crippen molar-refractivity contribution in [3.8, 4) is 5.75 Å². The van der Waals surface area contributed by atoms with Crippen LogP contribution in [0.1, 0.15) is 10.4 Å². The van der Waals surface area contributed by atoms with Gasteiger partial charge in [0.05, 0.1) is 15.6 Å². The summed E-state index contributed by atoms with van der Waals surface area (Å²) in [6.45, 7) is 0. The van der Waals surface area contributed by atoms with Crippen molar-refractivity contribution >= 4 is 44.6 Å². The first-order valence-electron chi connectivity index (χ1n) is 5.14. The molecule has 0 saturated heterocycles. The summed E-state index contributed by atoms with van der Waals surface area (Å²) in [5.74, 6) is -1.61. The molecule has 0 atom stereocenters. The van der Waals surface area contributed by atoms with Gasteiger partial charge in [0.2, 0.25) is 0 Å². The van der Waals surface area contributed by atoms with E-state index in [-0.39, 0.29) is 21.2 Å². The molecule has 0 spiro atoms. The second-order valence-corrected chi connectivity index (χ2v) is 7.33. The number of hydrogen-bond donors (Lipinski definition) is 3. The minimum atomic E-state index is -3.93. The van der Waals surface area contributed by atoms with Gasteiger partial charge < -0.3 is 10.2 Å². The predicted octanol–water partition coefficient (Wildman–Crippen LogP) is 2.61. The highest BCUT2D eigenvalue weighted by atomic mass is 35.5. The molecular weight excluding hydrogens is 326 g/mol. The van der Waals surface area contributed by atoms with Gasteiger partial charge in [-0.05, 0) is 30.3 Å². The van der Waals surface area contributed by atoms with Gasteiger partial charge in [-0.1, -0.05) is 11.6 Å². The molecule has 0 fully saturated rings. The van der Waals surface area contributed by atoms with Crippen molar-refractivity contribution in [1.82, 2.24) is 0 Å². The number of phenolic OH excluding ortho intramolecular Hbond substituents is 1. The number of carbonyl (C=O) groups is 1. The molecule has 2 rings (SSSR count). The van der Waals surface area contributed by atoms with E-state index in [0.29, 0.717) is 4.34 Å². The topological polar surface area (TPSA) is 104 Å². The van der Waals surface area contributed by atoms with E-state index in [1.54, 1.807) is 0 Å². The third-order valence-corrected chi connectivity index (χ3v) is 5.39. The van der Waals surface area contributed by atoms with Crippen LogP contribution in [0.2, 0.25) is 4.34 Å². The summed E-state index contributed by atoms with van der Waals surface area (Å²) in [6.07, 6.45) is 0. The highest BCUT2D eigenvalue weighted by molar-refractivity contribution is 7.94. The Kier molecular flexibility index (Phi) is 3.89. The van der Waals surface area contributed by atoms with E-state index in [1.165, 1.54) is 12.1 Å². The third-order valence-electron chi connectivity index (χ3n) is 2.30. The van der Waals surface area contributed by atoms with E-state index in [2.05, 4.69) is 4.72 Å². The average Bonchev–Trinajstić information content (AvgIpc) is 2.79. The van der Waals surface area contributed by atoms with Crippen LogP contribution >= 0.6 is 22.9 Å². The Labute approximate surface area is 123 Å². The van der Waals surface area contributed by atoms with Gasteiger partial charge in [-0.3, -0.25) is 4.72 Å². The maximum absolute atomic E-state index is 12.0. The van der Waals surface area contributed by atoms with Gasteiger partial charge in [-0.15, -0.1) is 11.3 Å². The Balaban J connectivity index is 2.39. The lowest BCUT2D eigenvalue weighted by Gasteiger charge is -2.08. The number of phenols is 1. The van der Waals surface area contributed by atoms with Crippen molar-refractivity contribution in [2.24, 2.45) is 0 Å². The molecule has 0 aliphatic carbocycles. The largest absolute Gasteiger partial charge is 0.506 e. The zero-order valence-corrected chi connectivity index (χ0v) is 12.1. The predicted molar refractivity (Wildman–Crippen MR) is 75.2 cm³/mol. The molecule has 0 bridgehead atoms. The van der Waals surface area contributed by atoms with Crippen LogP contribution < -0.4 is 4.72 Å². The summed E-state index contributed by atoms with van der Waals surface area (Å²) in [5.41, 5.74) is -0.362. The van der Waals surface area contributed by atoms with Crippen LogP contribution in [-0.4, -0.2) is 24.6 Å². The molecule has 1 aromatic heterocycles. The molecule has 0 aliphatic rings. The average molecular weight is 334 g/mol. The van der Waals surface area contributed by atoms with Crippen LogP contribution in [0.3, 0.4) is 0 Å². The highest BCUT2D eigenvalue weighted by Crippen LogP contribution is 2.30. The zero-order valence-electron chi connectivity index (χ0n) is 9.70. The molecule has 0 unspecified atom stereocenters. The van der Waals surface area contributed by atoms with Gasteiger partial charge in [0.15, 0.2) is 0 Å². The maximum atomic E-state index is 12.0. The third kappa shape index (κ3) is 3.03. The van der Waals surface area contributed by atoms with E-state index in [0.717, 1.165) is 29.5 Å². The van der Waals surface area contributed by atoms with Crippen molar-refractivity contribution in [3.63, 3.8) is 0 Å². The quantitative estimate of drug-likeness (QED) is 0.746. The molecule has 0 radical (unpaired) electrons. The molecule has 2 aromatic rings. The second-order valence-electron chi connectivity index (χ2n) is 3.70. The van der Waals surface area contributed by atoms with Gasteiger partial charge in [-0.25, -0.2) is 13.2 Å². The van der Waals surface area contributed by atoms with Crippen molar-refractivity contribution in [1.29, 1.82) is 0 Å². The number of aromatic carboxylic acids is 1. The normalized spacial score (nSPS) is 11.2. The van der Waals surface area contributed by atoms with Gasteiger partial charge in [-0.2, -0.15) is 0 Å². The molecule has 1 aromatic carbocycles. The van der Waals surface area contributed by atoms with Gasteiger partial charge in [0.1, 0.15) is 9.96 Å². The lowest BCUT2D eigenvalue weighted by molar-refractivity contribution is 0.0697. The van der Waals surface area contributed by atoms with E-state index in [9.17, 15) is 18.3 Å². The maximum Gasteiger partial charge on any atom is 0.335 e. The first-order valence-corrected chi connectivity index (χ1v) is 7.82. The number of rotatable bonds is 4. The molecular formula is C11H8ClNO5S2. The van der Waals surface area contributed by atoms with Crippen LogP contribution in [0.15, 0.2) is 34.5 Å². The Hall–Kier alpha value is -1.77. The zero-order chi connectivity index (χ0) is 14.9. The van der Waals surface area contributed by atoms with Gasteiger partial charge >= 0.3 is 5.97 Å². The minimum absolute atomic E-state index is 0.0392. The molecule has 0 saturated carbocycles. The summed E-state index contributed by atoms with van der Waals surface area (Å²) < 4.78 is 26.4. The van der Waals surface area contributed by atoms with Crippen LogP contribution in [0, 0.1) is 0 Å². The molecule has 3 N–H and O–H groups in total. The SMILES string of the molecule is O=C(O)c1ccc(O)c(NS(=O)(=O)c2ccc(Cl)s2)c1. The Morgan fingerprint density at radius 3 is 2.50 bits per heavy atom. The summed E-state index contributed by atoms with van der Waals surface area (Å²) >= 11 is 6.51. The number of carboxylic acid groups (broad SMARTS) is 1. The van der Waals surface area contributed by atoms with Gasteiger partial charge in [0, 0.05) is 0 Å². The molecule has 6 nitrogen and oxygen atoms in total. The monoisotopic (exact) mass is 333 g/mol. The van der Waals surface area contributed by atoms with Crippen molar-refractivity contribution in [3.05, 3.63) is 40.2 Å². The number of thiophene rings is 1. The van der Waals surface area contributed by atoms with Crippen LogP contribution in [0.5, 0.6) is 5.75 Å². The summed E-state index contributed by atoms with van der Waals surface area (Å²) in [4.78, 5) is 10.8. The number of anilines is 1. The molecule has 0 amide bonds. The number of nitrogens with one attached hydrogen (secondary N) is 1. The fourth-order valence-corrected chi connectivity index (χ4v) is 3.94. The van der Waals surface area contributed by atoms with Crippen LogP contribution in [0.25, 0.3) is 0 Å². The number of hydrogen-bond acceptors (Lipinski definition) is 5. The second kappa shape index (κ2) is 5.31. The first-order chi connectivity index (χ1) is 9.29. The summed E-state index contributed by atoms with van der Waals surface area (Å²) in [5, 5.41) is 18.4. The Morgan fingerprint density at radius 2 is 1.95 bits per heavy atom. The van der Waals surface area contributed by atoms with Gasteiger partial charge in [0.25, 0.3) is 10.0 Å². The van der Waals surface area contributed by atoms with E-state index in [4.69, 9.17) is 16.7 Å². The first kappa shape index (κ1) is 14.6. The summed E-state index contributed by atoms with van der Waals surface area (Å²) in [6, 6.07) is 6.03. The molecule has 0 aliphatic heterocycles. The molecule has 106 valence electrons. The number of carboxylic acids is 1. The van der Waals surface area contributed by atoms with E-state index < -0.39 is 16.0 Å².